The molecule has 1 heterocycles. The summed E-state index contributed by atoms with van der Waals surface area (Å²) in [4.78, 5) is 29.4. The molecule has 1 aliphatic rings. The zero-order valence-corrected chi connectivity index (χ0v) is 21.1. The van der Waals surface area contributed by atoms with E-state index in [4.69, 9.17) is 4.74 Å². The molecule has 0 saturated carbocycles. The second-order valence-corrected chi connectivity index (χ2v) is 11.9. The normalized spacial score (nSPS) is 17.5. The Morgan fingerprint density at radius 2 is 1.75 bits per heavy atom. The largest absolute Gasteiger partial charge is 0.444 e. The molecule has 1 aromatic rings. The smallest absolute Gasteiger partial charge is 0.410 e. The third kappa shape index (κ3) is 6.68. The van der Waals surface area contributed by atoms with Crippen molar-refractivity contribution in [3.05, 3.63) is 29.8 Å². The Morgan fingerprint density at radius 3 is 2.25 bits per heavy atom. The fraction of sp³-hybridized carbons (Fsp3) is 0.652. The predicted octanol–water partition coefficient (Wildman–Crippen LogP) is 3.43. The molecule has 180 valence electrons. The zero-order valence-electron chi connectivity index (χ0n) is 20.3. The first kappa shape index (κ1) is 26.1. The van der Waals surface area contributed by atoms with Gasteiger partial charge in [0.2, 0.25) is 10.0 Å². The average Bonchev–Trinajstić information content (AvgIpc) is 2.70. The van der Waals surface area contributed by atoms with E-state index in [2.05, 4.69) is 0 Å². The number of likely N-dealkylation sites (tertiary alicyclic amines) is 1. The molecule has 0 radical (unpaired) electrons. The standard InChI is InChI=1S/C23H37N3O5S/c1-17(2)26(22(28)31-23(3,4)5)16-18-9-8-14-25(15-18)21(27)19-10-12-20(13-11-19)32(29,30)24(6)7/h10-13,17-18H,8-9,14-16H2,1-7H3/t18-/m0/s1. The van der Waals surface area contributed by atoms with Crippen LogP contribution in [0.4, 0.5) is 4.79 Å². The zero-order chi connectivity index (χ0) is 24.3. The number of carbonyl (C=O) groups is 2. The minimum absolute atomic E-state index is 0.0119. The molecule has 2 rings (SSSR count). The van der Waals surface area contributed by atoms with E-state index in [1.165, 1.54) is 26.2 Å². The molecule has 0 spiro atoms. The second-order valence-electron chi connectivity index (χ2n) is 9.80. The quantitative estimate of drug-likeness (QED) is 0.640. The van der Waals surface area contributed by atoms with Crippen LogP contribution in [-0.2, 0) is 14.8 Å². The highest BCUT2D eigenvalue weighted by Crippen LogP contribution is 2.23. The van der Waals surface area contributed by atoms with Crippen molar-refractivity contribution in [2.75, 3.05) is 33.7 Å². The van der Waals surface area contributed by atoms with Crippen LogP contribution in [-0.4, -0.2) is 79.9 Å². The van der Waals surface area contributed by atoms with Gasteiger partial charge in [0, 0.05) is 45.3 Å². The van der Waals surface area contributed by atoms with Crippen LogP contribution < -0.4 is 0 Å². The van der Waals surface area contributed by atoms with Gasteiger partial charge in [-0.3, -0.25) is 4.79 Å². The Bertz CT molecular complexity index is 905. The molecule has 0 aromatic heterocycles. The lowest BCUT2D eigenvalue weighted by molar-refractivity contribution is 0.0124. The summed E-state index contributed by atoms with van der Waals surface area (Å²) in [6.45, 7) is 11.2. The number of carbonyl (C=O) groups excluding carboxylic acids is 2. The lowest BCUT2D eigenvalue weighted by Gasteiger charge is -2.37. The number of piperidine rings is 1. The van der Waals surface area contributed by atoms with Crippen molar-refractivity contribution in [3.8, 4) is 0 Å². The Balaban J connectivity index is 2.08. The van der Waals surface area contributed by atoms with Gasteiger partial charge in [-0.25, -0.2) is 17.5 Å². The van der Waals surface area contributed by atoms with Gasteiger partial charge in [0.25, 0.3) is 5.91 Å². The third-order valence-corrected chi connectivity index (χ3v) is 7.22. The number of rotatable bonds is 6. The van der Waals surface area contributed by atoms with Crippen molar-refractivity contribution in [1.82, 2.24) is 14.1 Å². The molecule has 0 aliphatic carbocycles. The summed E-state index contributed by atoms with van der Waals surface area (Å²) in [5.41, 5.74) is -0.110. The number of nitrogens with zero attached hydrogens (tertiary/aromatic N) is 3. The summed E-state index contributed by atoms with van der Waals surface area (Å²) in [6, 6.07) is 6.04. The maximum Gasteiger partial charge on any atom is 0.410 e. The molecule has 1 aliphatic heterocycles. The van der Waals surface area contributed by atoms with E-state index in [1.54, 1.807) is 21.9 Å². The molecule has 32 heavy (non-hydrogen) atoms. The highest BCUT2D eigenvalue weighted by molar-refractivity contribution is 7.89. The van der Waals surface area contributed by atoms with Crippen molar-refractivity contribution >= 4 is 22.0 Å². The third-order valence-electron chi connectivity index (χ3n) is 5.39. The van der Waals surface area contributed by atoms with Crippen LogP contribution in [0, 0.1) is 5.92 Å². The van der Waals surface area contributed by atoms with E-state index in [0.717, 1.165) is 17.1 Å². The lowest BCUT2D eigenvalue weighted by atomic mass is 9.96. The number of ether oxygens (including phenoxy) is 1. The first-order chi connectivity index (χ1) is 14.7. The van der Waals surface area contributed by atoms with Gasteiger partial charge in [-0.15, -0.1) is 0 Å². The summed E-state index contributed by atoms with van der Waals surface area (Å²) in [5.74, 6) is 0.0212. The molecule has 0 N–H and O–H groups in total. The van der Waals surface area contributed by atoms with Crippen LogP contribution in [0.25, 0.3) is 0 Å². The van der Waals surface area contributed by atoms with Crippen molar-refractivity contribution in [1.29, 1.82) is 0 Å². The first-order valence-electron chi connectivity index (χ1n) is 11.0. The van der Waals surface area contributed by atoms with E-state index in [0.29, 0.717) is 25.2 Å². The van der Waals surface area contributed by atoms with E-state index in [-0.39, 0.29) is 28.9 Å². The molecule has 0 bridgehead atoms. The van der Waals surface area contributed by atoms with Gasteiger partial charge >= 0.3 is 6.09 Å². The van der Waals surface area contributed by atoms with Crippen molar-refractivity contribution < 1.29 is 22.7 Å². The van der Waals surface area contributed by atoms with E-state index >= 15 is 0 Å². The van der Waals surface area contributed by atoms with Gasteiger partial charge in [-0.1, -0.05) is 0 Å². The number of benzene rings is 1. The molecule has 8 nitrogen and oxygen atoms in total. The van der Waals surface area contributed by atoms with Gasteiger partial charge in [-0.05, 0) is 77.6 Å². The SMILES string of the molecule is CC(C)N(C[C@H]1CCCN(C(=O)c2ccc(S(=O)(=O)N(C)C)cc2)C1)C(=O)OC(C)(C)C. The number of amides is 2. The van der Waals surface area contributed by atoms with E-state index in [9.17, 15) is 18.0 Å². The van der Waals surface area contributed by atoms with Crippen LogP contribution in [0.1, 0.15) is 57.8 Å². The summed E-state index contributed by atoms with van der Waals surface area (Å²) in [7, 11) is -0.592. The molecule has 1 fully saturated rings. The molecule has 1 aromatic carbocycles. The van der Waals surface area contributed by atoms with Gasteiger partial charge in [0.05, 0.1) is 4.90 Å². The fourth-order valence-corrected chi connectivity index (χ4v) is 4.56. The molecule has 0 unspecified atom stereocenters. The highest BCUT2D eigenvalue weighted by Gasteiger charge is 2.30. The molecule has 1 saturated heterocycles. The maximum absolute atomic E-state index is 13.0. The fourth-order valence-electron chi connectivity index (χ4n) is 3.66. The molecule has 9 heteroatoms. The highest BCUT2D eigenvalue weighted by atomic mass is 32.2. The number of hydrogen-bond donors (Lipinski definition) is 0. The van der Waals surface area contributed by atoms with Gasteiger partial charge in [0.1, 0.15) is 5.60 Å². The van der Waals surface area contributed by atoms with Crippen molar-refractivity contribution in [2.45, 2.75) is 64.0 Å². The van der Waals surface area contributed by atoms with E-state index < -0.39 is 15.6 Å². The lowest BCUT2D eigenvalue weighted by Crippen LogP contribution is -2.48. The van der Waals surface area contributed by atoms with E-state index in [1.807, 2.05) is 34.6 Å². The van der Waals surface area contributed by atoms with Crippen LogP contribution >= 0.6 is 0 Å². The van der Waals surface area contributed by atoms with Crippen LogP contribution in [0.15, 0.2) is 29.2 Å². The molecular weight excluding hydrogens is 430 g/mol. The molecule has 2 amide bonds. The summed E-state index contributed by atoms with van der Waals surface area (Å²) >= 11 is 0. The predicted molar refractivity (Wildman–Crippen MR) is 124 cm³/mol. The van der Waals surface area contributed by atoms with Crippen molar-refractivity contribution in [2.24, 2.45) is 5.92 Å². The topological polar surface area (TPSA) is 87.2 Å². The Kier molecular flexibility index (Phi) is 8.33. The molecular formula is C23H37N3O5S. The van der Waals surface area contributed by atoms with Crippen LogP contribution in [0.3, 0.4) is 0 Å². The molecule has 1 atom stereocenters. The van der Waals surface area contributed by atoms with Crippen LogP contribution in [0.2, 0.25) is 0 Å². The van der Waals surface area contributed by atoms with Crippen molar-refractivity contribution in [3.63, 3.8) is 0 Å². The Hall–Kier alpha value is -2.13. The summed E-state index contributed by atoms with van der Waals surface area (Å²) in [6.07, 6.45) is 1.44. The van der Waals surface area contributed by atoms with Gasteiger partial charge in [0.15, 0.2) is 0 Å². The maximum atomic E-state index is 13.0. The minimum atomic E-state index is -3.54. The Labute approximate surface area is 192 Å². The van der Waals surface area contributed by atoms with Gasteiger partial charge in [-0.2, -0.15) is 0 Å². The minimum Gasteiger partial charge on any atom is -0.444 e. The second kappa shape index (κ2) is 10.2. The monoisotopic (exact) mass is 467 g/mol. The summed E-state index contributed by atoms with van der Waals surface area (Å²) < 4.78 is 31.2. The number of hydrogen-bond acceptors (Lipinski definition) is 5. The summed E-state index contributed by atoms with van der Waals surface area (Å²) in [5, 5.41) is 0. The Morgan fingerprint density at radius 1 is 1.16 bits per heavy atom. The van der Waals surface area contributed by atoms with Gasteiger partial charge < -0.3 is 14.5 Å². The van der Waals surface area contributed by atoms with Crippen LogP contribution in [0.5, 0.6) is 0 Å². The first-order valence-corrected chi connectivity index (χ1v) is 12.5. The number of sulfonamides is 1. The average molecular weight is 468 g/mol.